The maximum absolute atomic E-state index is 15.0. The van der Waals surface area contributed by atoms with E-state index in [2.05, 4.69) is 0 Å². The Balaban J connectivity index is 8.95. The Labute approximate surface area is 523 Å². The number of aliphatic hydroxyl groups excluding tert-OH is 1. The number of thioether (sulfide) groups is 3. The molecule has 0 atom stereocenters. The maximum atomic E-state index is 15.0. The molecule has 0 aromatic heterocycles. The Hall–Kier alpha value is -3.40. The van der Waals surface area contributed by atoms with Crippen LogP contribution in [0.25, 0.3) is 0 Å². The summed E-state index contributed by atoms with van der Waals surface area (Å²) in [6.45, 7) is -4.15. The van der Waals surface area contributed by atoms with Crippen LogP contribution in [-0.4, -0.2) is 205 Å². The van der Waals surface area contributed by atoms with Gasteiger partial charge in [-0.05, 0) is 0 Å². The lowest BCUT2D eigenvalue weighted by Crippen LogP contribution is -2.76. The second-order valence-electron chi connectivity index (χ2n) is 19.4. The molecule has 0 aromatic rings. The van der Waals surface area contributed by atoms with Crippen molar-refractivity contribution in [3.8, 4) is 0 Å². The molecule has 0 heterocycles. The van der Waals surface area contributed by atoms with Crippen molar-refractivity contribution in [2.75, 3.05) is 23.9 Å². The largest absolute Gasteiger partial charge is 0.460 e. The van der Waals surface area contributed by atoms with Crippen molar-refractivity contribution in [3.63, 3.8) is 0 Å². The van der Waals surface area contributed by atoms with E-state index in [0.717, 1.165) is 0 Å². The summed E-state index contributed by atoms with van der Waals surface area (Å²) in [5, 5.41) is -16.9. The monoisotopic (exact) mass is 1740 g/mol. The van der Waals surface area contributed by atoms with Crippen LogP contribution in [0, 0.1) is 5.41 Å². The second kappa shape index (κ2) is 25.3. The highest BCUT2D eigenvalue weighted by atomic mass is 32.2. The molecule has 0 spiro atoms. The zero-order valence-electron chi connectivity index (χ0n) is 43.8. The standard InChI is InChI=1S/C35H9F63OS3/c36-6(37,12(48,49)18(60,61)24(72,73)30(84,85)86)9(42,43)15(54,55)21(66,67)27(78,79)33(93,94)100-2-5(1-99,3-101-34(95,96)28(80,81)22(68,69)16(56,57)10(44,45)7(38,39)13(50,51)19(62,63)25(74,75)31(87,88)89)4-102-35(97,98)29(82,83)23(70,71)17(58,59)11(46,47)8(40,41)14(52,53)20(64,65)26(76,77)32(90,91)92/h99H,1-4H2. The van der Waals surface area contributed by atoms with Gasteiger partial charge >= 0.3 is 176 Å². The molecule has 0 bridgehead atoms. The summed E-state index contributed by atoms with van der Waals surface area (Å²) in [5.74, 6) is -251. The molecule has 102 heavy (non-hydrogen) atoms. The van der Waals surface area contributed by atoms with Crippen molar-refractivity contribution in [2.24, 2.45) is 5.41 Å². The SMILES string of the molecule is OCC(CSC(F)(F)C(F)(F)C(F)(F)C(F)(F)C(F)(F)C(F)(F)C(F)(F)C(F)(F)C(F)(F)C(F)(F)F)(CSC(F)(F)C(F)(F)C(F)(F)C(F)(F)C(F)(F)C(F)(F)C(F)(F)C(F)(F)C(F)(F)C(F)(F)F)CSC(F)(F)C(F)(F)C(F)(F)C(F)(F)C(F)(F)C(F)(F)C(F)(F)C(F)(F)C(F)(F)C(F)(F)F. The van der Waals surface area contributed by atoms with E-state index >= 15 is 0 Å². The molecule has 0 aliphatic carbocycles. The first-order valence-corrected chi connectivity index (χ1v) is 24.8. The molecule has 67 heteroatoms. The van der Waals surface area contributed by atoms with Crippen LogP contribution in [0.2, 0.25) is 0 Å². The normalized spacial score (nSPS) is 17.3. The first kappa shape index (κ1) is 98.6. The Morgan fingerprint density at radius 3 is 0.314 bits per heavy atom. The van der Waals surface area contributed by atoms with Crippen LogP contribution in [-0.2, 0) is 0 Å². The third-order valence-corrected chi connectivity index (χ3v) is 16.6. The Kier molecular flexibility index (Phi) is 24.5. The highest BCUT2D eigenvalue weighted by molar-refractivity contribution is 8.02. The number of hydrogen-bond donors (Lipinski definition) is 1. The number of aliphatic hydroxyl groups is 1. The molecule has 0 radical (unpaired) electrons. The van der Waals surface area contributed by atoms with Gasteiger partial charge in [0.2, 0.25) is 0 Å². The van der Waals surface area contributed by atoms with E-state index in [1.54, 1.807) is 0 Å². The predicted molar refractivity (Wildman–Crippen MR) is 199 cm³/mol. The van der Waals surface area contributed by atoms with Crippen LogP contribution < -0.4 is 0 Å². The molecule has 0 amide bonds. The van der Waals surface area contributed by atoms with E-state index < -0.39 is 241 Å². The quantitative estimate of drug-likeness (QED) is 0.0648. The summed E-state index contributed by atoms with van der Waals surface area (Å²) in [4.78, 5) is 0. The average Bonchev–Trinajstić information content (AvgIpc) is 0.696. The van der Waals surface area contributed by atoms with Gasteiger partial charge in [-0.2, -0.15) is 277 Å². The summed E-state index contributed by atoms with van der Waals surface area (Å²) in [7, 11) is 0. The lowest BCUT2D eigenvalue weighted by molar-refractivity contribution is -0.472. The third-order valence-electron chi connectivity index (χ3n) is 12.5. The van der Waals surface area contributed by atoms with Gasteiger partial charge in [0.1, 0.15) is 0 Å². The molecule has 0 rings (SSSR count). The van der Waals surface area contributed by atoms with Crippen LogP contribution in [0.5, 0.6) is 0 Å². The van der Waals surface area contributed by atoms with Crippen molar-refractivity contribution in [2.45, 2.75) is 176 Å². The van der Waals surface area contributed by atoms with Crippen LogP contribution >= 0.6 is 35.3 Å². The molecule has 0 saturated carbocycles. The van der Waals surface area contributed by atoms with E-state index in [9.17, 15) is 282 Å². The number of hydrogen-bond acceptors (Lipinski definition) is 4. The minimum absolute atomic E-state index is 3.93. The van der Waals surface area contributed by atoms with Crippen LogP contribution in [0.15, 0.2) is 0 Å². The van der Waals surface area contributed by atoms with Gasteiger partial charge in [-0.25, -0.2) is 0 Å². The van der Waals surface area contributed by atoms with Crippen molar-refractivity contribution in [1.29, 1.82) is 0 Å². The zero-order chi connectivity index (χ0) is 84.4. The molecule has 0 aliphatic heterocycles. The Bertz CT molecular complexity index is 2610. The van der Waals surface area contributed by atoms with Crippen molar-refractivity contribution in [1.82, 2.24) is 0 Å². The summed E-state index contributed by atoms with van der Waals surface area (Å²) in [5.41, 5.74) is -6.00. The number of alkyl halides is 63. The van der Waals surface area contributed by atoms with E-state index in [4.69, 9.17) is 0 Å². The average molecular weight is 1740 g/mol. The van der Waals surface area contributed by atoms with Gasteiger partial charge in [0, 0.05) is 22.7 Å². The van der Waals surface area contributed by atoms with E-state index in [1.165, 1.54) is 0 Å². The van der Waals surface area contributed by atoms with Crippen LogP contribution in [0.3, 0.4) is 0 Å². The Morgan fingerprint density at radius 1 is 0.137 bits per heavy atom. The Morgan fingerprint density at radius 2 is 0.225 bits per heavy atom. The molecule has 0 unspecified atom stereocenters. The smallest absolute Gasteiger partial charge is 0.396 e. The first-order chi connectivity index (χ1) is 42.9. The van der Waals surface area contributed by atoms with Gasteiger partial charge in [-0.3, -0.25) is 0 Å². The van der Waals surface area contributed by atoms with Gasteiger partial charge in [0.15, 0.2) is 0 Å². The summed E-state index contributed by atoms with van der Waals surface area (Å²) >= 11 is -11.8. The van der Waals surface area contributed by atoms with E-state index in [0.29, 0.717) is 0 Å². The molecule has 0 aliphatic rings. The molecular formula is C35H9F63OS3. The summed E-state index contributed by atoms with van der Waals surface area (Å²) in [6, 6.07) is 0. The topological polar surface area (TPSA) is 20.2 Å². The maximum Gasteiger partial charge on any atom is 0.460 e. The first-order valence-electron chi connectivity index (χ1n) is 21.9. The highest BCUT2D eigenvalue weighted by Crippen LogP contribution is 2.72. The zero-order valence-corrected chi connectivity index (χ0v) is 46.3. The van der Waals surface area contributed by atoms with Crippen molar-refractivity contribution in [3.05, 3.63) is 0 Å². The van der Waals surface area contributed by atoms with E-state index in [-0.39, 0.29) is 0 Å². The fourth-order valence-corrected chi connectivity index (χ4v) is 9.56. The molecule has 0 aromatic carbocycles. The van der Waals surface area contributed by atoms with Crippen molar-refractivity contribution >= 4 is 35.3 Å². The van der Waals surface area contributed by atoms with Crippen LogP contribution in [0.4, 0.5) is 277 Å². The van der Waals surface area contributed by atoms with Crippen LogP contribution in [0.1, 0.15) is 0 Å². The van der Waals surface area contributed by atoms with Crippen molar-refractivity contribution < 1.29 is 282 Å². The van der Waals surface area contributed by atoms with Gasteiger partial charge in [-0.1, -0.05) is 35.3 Å². The molecule has 1 N–H and O–H groups in total. The van der Waals surface area contributed by atoms with Gasteiger partial charge in [0.25, 0.3) is 0 Å². The summed E-state index contributed by atoms with van der Waals surface area (Å²) in [6.07, 6.45) is -25.9. The van der Waals surface area contributed by atoms with Gasteiger partial charge in [-0.15, -0.1) is 0 Å². The molecule has 614 valence electrons. The lowest BCUT2D eigenvalue weighted by atomic mass is 9.87. The molecule has 0 saturated heterocycles. The molecule has 1 nitrogen and oxygen atoms in total. The highest BCUT2D eigenvalue weighted by Gasteiger charge is 3.02. The summed E-state index contributed by atoms with van der Waals surface area (Å²) < 4.78 is 877. The van der Waals surface area contributed by atoms with Gasteiger partial charge < -0.3 is 5.11 Å². The molecular weight excluding hydrogens is 1730 g/mol. The minimum Gasteiger partial charge on any atom is -0.396 e. The van der Waals surface area contributed by atoms with E-state index in [1.807, 2.05) is 0 Å². The number of rotatable bonds is 34. The van der Waals surface area contributed by atoms with Gasteiger partial charge in [0.05, 0.1) is 6.61 Å². The third kappa shape index (κ3) is 12.7. The lowest BCUT2D eigenvalue weighted by Gasteiger charge is -2.45. The fourth-order valence-electron chi connectivity index (χ4n) is 5.90. The number of halogens is 63. The predicted octanol–water partition coefficient (Wildman–Crippen LogP) is 21.9. The minimum atomic E-state index is -10.3. The second-order valence-corrected chi connectivity index (χ2v) is 22.6. The molecule has 0 fully saturated rings. The fraction of sp³-hybridized carbons (Fsp3) is 1.00.